The van der Waals surface area contributed by atoms with Gasteiger partial charge in [-0.15, -0.1) is 0 Å². The van der Waals surface area contributed by atoms with E-state index in [0.717, 1.165) is 17.5 Å². The summed E-state index contributed by atoms with van der Waals surface area (Å²) in [6.45, 7) is 1.94. The van der Waals surface area contributed by atoms with Gasteiger partial charge in [0.15, 0.2) is 17.4 Å². The average molecular weight is 373 g/mol. The smallest absolute Gasteiger partial charge is 0.257 e. The molecule has 0 unspecified atom stereocenters. The summed E-state index contributed by atoms with van der Waals surface area (Å²) in [4.78, 5) is 13.6. The van der Waals surface area contributed by atoms with E-state index in [1.807, 2.05) is 19.1 Å². The van der Waals surface area contributed by atoms with Crippen molar-refractivity contribution in [2.45, 2.75) is 13.0 Å². The lowest BCUT2D eigenvalue weighted by atomic mass is 10.1. The Hall–Kier alpha value is -3.07. The zero-order valence-electron chi connectivity index (χ0n) is 14.6. The van der Waals surface area contributed by atoms with Crippen LogP contribution in [-0.2, 0) is 0 Å². The quantitative estimate of drug-likeness (QED) is 0.569. The Morgan fingerprint density at radius 1 is 1.23 bits per heavy atom. The molecule has 3 rings (SSSR count). The van der Waals surface area contributed by atoms with Crippen molar-refractivity contribution in [3.8, 4) is 5.75 Å². The second-order valence-corrected chi connectivity index (χ2v) is 6.40. The summed E-state index contributed by atoms with van der Waals surface area (Å²) >= 11 is 1.03. The predicted octanol–water partition coefficient (Wildman–Crippen LogP) is 3.46. The molecule has 0 spiro atoms. The Morgan fingerprint density at radius 2 is 2.00 bits per heavy atom. The maximum atomic E-state index is 12.2. The van der Waals surface area contributed by atoms with E-state index in [2.05, 4.69) is 19.4 Å². The minimum absolute atomic E-state index is 0.107. The number of para-hydroxylation sites is 1. The van der Waals surface area contributed by atoms with Crippen LogP contribution in [0.4, 0.5) is 17.3 Å². The average Bonchev–Trinajstić information content (AvgIpc) is 3.28. The predicted molar refractivity (Wildman–Crippen MR) is 100 cm³/mol. The Balaban J connectivity index is 1.81. The molecular formula is C17H19N5O3S. The Bertz CT molecular complexity index is 892. The molecule has 0 radical (unpaired) electrons. The van der Waals surface area contributed by atoms with Crippen molar-refractivity contribution in [2.24, 2.45) is 0 Å². The van der Waals surface area contributed by atoms with Gasteiger partial charge in [-0.1, -0.05) is 6.07 Å². The van der Waals surface area contributed by atoms with Gasteiger partial charge in [0, 0.05) is 14.1 Å². The monoisotopic (exact) mass is 373 g/mol. The van der Waals surface area contributed by atoms with Gasteiger partial charge in [0.1, 0.15) is 5.76 Å². The number of nitrogens with one attached hydrogen (secondary N) is 2. The van der Waals surface area contributed by atoms with Crippen LogP contribution in [-0.4, -0.2) is 38.8 Å². The van der Waals surface area contributed by atoms with Crippen molar-refractivity contribution < 1.29 is 14.3 Å². The highest BCUT2D eigenvalue weighted by Crippen LogP contribution is 2.33. The van der Waals surface area contributed by atoms with Gasteiger partial charge >= 0.3 is 0 Å². The largest absolute Gasteiger partial charge is 0.505 e. The summed E-state index contributed by atoms with van der Waals surface area (Å²) < 4.78 is 13.8. The van der Waals surface area contributed by atoms with Crippen LogP contribution in [0.25, 0.3) is 0 Å². The lowest BCUT2D eigenvalue weighted by Crippen LogP contribution is -2.21. The van der Waals surface area contributed by atoms with Crippen LogP contribution in [0.3, 0.4) is 0 Å². The van der Waals surface area contributed by atoms with E-state index in [9.17, 15) is 9.90 Å². The Labute approximate surface area is 154 Å². The van der Waals surface area contributed by atoms with Crippen molar-refractivity contribution in [1.82, 2.24) is 13.6 Å². The summed E-state index contributed by atoms with van der Waals surface area (Å²) in [7, 11) is 3.26. The van der Waals surface area contributed by atoms with Crippen LogP contribution in [0, 0.1) is 0 Å². The molecule has 0 aliphatic heterocycles. The summed E-state index contributed by atoms with van der Waals surface area (Å²) in [6.07, 6.45) is 1.61. The number of phenolic OH excluding ortho intramolecular Hbond substituents is 1. The molecule has 3 aromatic rings. The number of hydrogen-bond donors (Lipinski definition) is 3. The minimum atomic E-state index is -0.285. The highest BCUT2D eigenvalue weighted by Gasteiger charge is 2.19. The normalized spacial score (nSPS) is 11.8. The fourth-order valence-corrected chi connectivity index (χ4v) is 2.84. The van der Waals surface area contributed by atoms with Crippen LogP contribution in [0.5, 0.6) is 5.75 Å². The third kappa shape index (κ3) is 3.62. The van der Waals surface area contributed by atoms with Gasteiger partial charge in [0.2, 0.25) is 0 Å². The second-order valence-electron chi connectivity index (χ2n) is 5.87. The van der Waals surface area contributed by atoms with Gasteiger partial charge in [-0.05, 0) is 31.2 Å². The first-order valence-electron chi connectivity index (χ1n) is 7.90. The van der Waals surface area contributed by atoms with Crippen LogP contribution < -0.4 is 10.6 Å². The van der Waals surface area contributed by atoms with Crippen molar-refractivity contribution in [2.75, 3.05) is 24.7 Å². The molecule has 136 valence electrons. The zero-order chi connectivity index (χ0) is 18.7. The Kier molecular flexibility index (Phi) is 5.08. The number of carbonyl (C=O) groups is 1. The number of phenols is 1. The molecule has 8 nitrogen and oxygen atoms in total. The van der Waals surface area contributed by atoms with Crippen LogP contribution in [0.2, 0.25) is 0 Å². The first kappa shape index (κ1) is 17.7. The number of anilines is 3. The molecule has 26 heavy (non-hydrogen) atoms. The third-order valence-corrected chi connectivity index (χ3v) is 4.27. The first-order valence-corrected chi connectivity index (χ1v) is 8.63. The summed E-state index contributed by atoms with van der Waals surface area (Å²) in [5.41, 5.74) is 0.584. The summed E-state index contributed by atoms with van der Waals surface area (Å²) in [5.74, 6) is 1.34. The highest BCUT2D eigenvalue weighted by atomic mass is 32.1. The van der Waals surface area contributed by atoms with Crippen molar-refractivity contribution in [1.29, 1.82) is 0 Å². The standard InChI is InChI=1S/C17H19N5O3S/c1-10(13-8-5-9-25-13)18-15-16(21-26-20-15)19-12-7-4-6-11(14(12)23)17(24)22(2)3/h4-10,23H,1-3H3,(H,18,20)(H,19,21)/t10-/m1/s1. The van der Waals surface area contributed by atoms with Gasteiger partial charge in [-0.3, -0.25) is 4.79 Å². The number of carbonyl (C=O) groups excluding carboxylic acids is 1. The molecule has 1 atom stereocenters. The van der Waals surface area contributed by atoms with E-state index in [0.29, 0.717) is 17.3 Å². The van der Waals surface area contributed by atoms with Crippen LogP contribution in [0.1, 0.15) is 29.1 Å². The third-order valence-electron chi connectivity index (χ3n) is 3.74. The van der Waals surface area contributed by atoms with Gasteiger partial charge in [-0.25, -0.2) is 0 Å². The number of benzene rings is 1. The molecule has 2 heterocycles. The summed E-state index contributed by atoms with van der Waals surface area (Å²) in [6, 6.07) is 8.51. The molecule has 3 N–H and O–H groups in total. The van der Waals surface area contributed by atoms with Gasteiger partial charge in [-0.2, -0.15) is 8.75 Å². The van der Waals surface area contributed by atoms with Crippen LogP contribution in [0.15, 0.2) is 41.0 Å². The molecular weight excluding hydrogens is 354 g/mol. The number of rotatable bonds is 6. The van der Waals surface area contributed by atoms with E-state index in [4.69, 9.17) is 4.42 Å². The molecule has 2 aromatic heterocycles. The van der Waals surface area contributed by atoms with E-state index in [1.54, 1.807) is 38.6 Å². The number of aromatic hydroxyl groups is 1. The molecule has 0 saturated carbocycles. The first-order chi connectivity index (χ1) is 12.5. The summed E-state index contributed by atoms with van der Waals surface area (Å²) in [5, 5.41) is 16.7. The minimum Gasteiger partial charge on any atom is -0.505 e. The number of furan rings is 1. The lowest BCUT2D eigenvalue weighted by molar-refractivity contribution is 0.0824. The molecule has 1 amide bonds. The molecule has 0 aliphatic rings. The van der Waals surface area contributed by atoms with Crippen molar-refractivity contribution in [3.63, 3.8) is 0 Å². The maximum absolute atomic E-state index is 12.2. The molecule has 0 aliphatic carbocycles. The number of aromatic nitrogens is 2. The van der Waals surface area contributed by atoms with Crippen molar-refractivity contribution in [3.05, 3.63) is 47.9 Å². The molecule has 0 saturated heterocycles. The topological polar surface area (TPSA) is 104 Å². The number of hydrogen-bond acceptors (Lipinski definition) is 8. The molecule has 0 fully saturated rings. The van der Waals surface area contributed by atoms with Gasteiger partial charge in [0.25, 0.3) is 5.91 Å². The van der Waals surface area contributed by atoms with E-state index >= 15 is 0 Å². The van der Waals surface area contributed by atoms with Crippen molar-refractivity contribution >= 4 is 35.0 Å². The fourth-order valence-electron chi connectivity index (χ4n) is 2.36. The van der Waals surface area contributed by atoms with Gasteiger partial charge in [0.05, 0.1) is 35.3 Å². The number of amides is 1. The molecule has 9 heteroatoms. The van der Waals surface area contributed by atoms with E-state index in [1.165, 1.54) is 4.90 Å². The maximum Gasteiger partial charge on any atom is 0.257 e. The fraction of sp³-hybridized carbons (Fsp3) is 0.235. The van der Waals surface area contributed by atoms with Crippen LogP contribution >= 0.6 is 11.7 Å². The highest BCUT2D eigenvalue weighted by molar-refractivity contribution is 6.99. The Morgan fingerprint density at radius 3 is 2.69 bits per heavy atom. The molecule has 0 bridgehead atoms. The number of nitrogens with zero attached hydrogens (tertiary/aromatic N) is 3. The lowest BCUT2D eigenvalue weighted by Gasteiger charge is -2.15. The van der Waals surface area contributed by atoms with E-state index < -0.39 is 0 Å². The molecule has 1 aromatic carbocycles. The van der Waals surface area contributed by atoms with E-state index in [-0.39, 0.29) is 23.3 Å². The zero-order valence-corrected chi connectivity index (χ0v) is 15.4. The second kappa shape index (κ2) is 7.44. The van der Waals surface area contributed by atoms with Gasteiger partial charge < -0.3 is 25.1 Å². The SMILES string of the molecule is C[C@@H](Nc1nsnc1Nc1cccc(C(=O)N(C)C)c1O)c1ccco1.